The number of nitrogens with one attached hydrogen (secondary N) is 1. The summed E-state index contributed by atoms with van der Waals surface area (Å²) in [6, 6.07) is 0. The number of carbonyl (C=O) groups excluding carboxylic acids is 2. The van der Waals surface area contributed by atoms with Crippen LogP contribution in [0.25, 0.3) is 0 Å². The molecule has 1 amide bonds. The molecule has 0 bridgehead atoms. The Morgan fingerprint density at radius 2 is 2.16 bits per heavy atom. The number of hydrogen-bond donors (Lipinski definition) is 1. The van der Waals surface area contributed by atoms with Gasteiger partial charge in [0.15, 0.2) is 6.10 Å². The summed E-state index contributed by atoms with van der Waals surface area (Å²) in [5, 5.41) is 2.56. The van der Waals surface area contributed by atoms with Crippen molar-refractivity contribution in [2.45, 2.75) is 58.3 Å². The Morgan fingerprint density at radius 3 is 2.63 bits per heavy atom. The summed E-state index contributed by atoms with van der Waals surface area (Å²) in [4.78, 5) is 23.5. The monoisotopic (exact) mass is 273 g/mol. The summed E-state index contributed by atoms with van der Waals surface area (Å²) < 4.78 is 16.1. The van der Waals surface area contributed by atoms with Crippen LogP contribution in [-0.2, 0) is 19.0 Å². The number of cyclic esters (lactones) is 1. The number of alkyl carbamates (subject to hydrolysis) is 1. The lowest BCUT2D eigenvalue weighted by Crippen LogP contribution is -2.57. The van der Waals surface area contributed by atoms with E-state index in [2.05, 4.69) is 5.32 Å². The van der Waals surface area contributed by atoms with Gasteiger partial charge >= 0.3 is 12.1 Å². The number of hydrogen-bond acceptors (Lipinski definition) is 5. The molecule has 1 heterocycles. The Hall–Kier alpha value is -1.30. The molecule has 1 N–H and O–H groups in total. The van der Waals surface area contributed by atoms with E-state index in [4.69, 9.17) is 14.2 Å². The zero-order valence-electron chi connectivity index (χ0n) is 12.2. The number of rotatable bonds is 4. The number of ether oxygens (including phenoxy) is 3. The maximum absolute atomic E-state index is 12.1. The van der Waals surface area contributed by atoms with Gasteiger partial charge < -0.3 is 19.5 Å². The highest BCUT2D eigenvalue weighted by atomic mass is 16.6. The highest BCUT2D eigenvalue weighted by Gasteiger charge is 2.48. The standard InChI is InChI=1S/C13H23NO5/c1-6-17-10(15)9(18-12(2,3)4)13(5)7-8-14-11(16)19-13/h9H,6-8H2,1-5H3,(H,14,16)/t9-,13+/m1/s1. The predicted molar refractivity (Wildman–Crippen MR) is 68.8 cm³/mol. The van der Waals surface area contributed by atoms with Crippen molar-refractivity contribution in [3.8, 4) is 0 Å². The lowest BCUT2D eigenvalue weighted by atomic mass is 9.92. The average Bonchev–Trinajstić information content (AvgIpc) is 2.24. The van der Waals surface area contributed by atoms with Crippen LogP contribution < -0.4 is 5.32 Å². The minimum Gasteiger partial charge on any atom is -0.464 e. The van der Waals surface area contributed by atoms with Gasteiger partial charge in [-0.1, -0.05) is 0 Å². The molecule has 0 spiro atoms. The molecule has 6 nitrogen and oxygen atoms in total. The zero-order valence-corrected chi connectivity index (χ0v) is 12.2. The Balaban J connectivity index is 2.94. The van der Waals surface area contributed by atoms with E-state index >= 15 is 0 Å². The van der Waals surface area contributed by atoms with Crippen LogP contribution in [0, 0.1) is 0 Å². The Labute approximate surface area is 113 Å². The third-order valence-electron chi connectivity index (χ3n) is 2.74. The van der Waals surface area contributed by atoms with Crippen molar-refractivity contribution in [2.75, 3.05) is 13.2 Å². The molecular weight excluding hydrogens is 250 g/mol. The molecule has 1 rings (SSSR count). The van der Waals surface area contributed by atoms with Crippen LogP contribution in [0.2, 0.25) is 0 Å². The van der Waals surface area contributed by atoms with Gasteiger partial charge in [-0.2, -0.15) is 0 Å². The van der Waals surface area contributed by atoms with Gasteiger partial charge in [0.25, 0.3) is 0 Å². The van der Waals surface area contributed by atoms with Crippen LogP contribution in [0.15, 0.2) is 0 Å². The van der Waals surface area contributed by atoms with Gasteiger partial charge in [0.2, 0.25) is 0 Å². The van der Waals surface area contributed by atoms with Gasteiger partial charge in [-0.25, -0.2) is 9.59 Å². The maximum atomic E-state index is 12.1. The number of amides is 1. The largest absolute Gasteiger partial charge is 0.464 e. The van der Waals surface area contributed by atoms with Crippen molar-refractivity contribution >= 4 is 12.1 Å². The third-order valence-corrected chi connectivity index (χ3v) is 2.74. The first-order valence-electron chi connectivity index (χ1n) is 6.49. The van der Waals surface area contributed by atoms with Gasteiger partial charge in [0.05, 0.1) is 12.2 Å². The molecule has 2 atom stereocenters. The van der Waals surface area contributed by atoms with Crippen LogP contribution in [-0.4, -0.2) is 42.5 Å². The molecule has 0 saturated carbocycles. The lowest BCUT2D eigenvalue weighted by molar-refractivity contribution is -0.195. The molecule has 110 valence electrons. The summed E-state index contributed by atoms with van der Waals surface area (Å²) in [6.45, 7) is 9.63. The topological polar surface area (TPSA) is 73.9 Å². The molecule has 0 unspecified atom stereocenters. The average molecular weight is 273 g/mol. The van der Waals surface area contributed by atoms with Crippen molar-refractivity contribution in [3.05, 3.63) is 0 Å². The van der Waals surface area contributed by atoms with E-state index < -0.39 is 29.4 Å². The molecule has 1 saturated heterocycles. The van der Waals surface area contributed by atoms with E-state index in [1.54, 1.807) is 13.8 Å². The molecule has 0 aromatic heterocycles. The van der Waals surface area contributed by atoms with E-state index in [0.29, 0.717) is 13.0 Å². The quantitative estimate of drug-likeness (QED) is 0.788. The van der Waals surface area contributed by atoms with E-state index in [1.807, 2.05) is 20.8 Å². The smallest absolute Gasteiger partial charge is 0.407 e. The third kappa shape index (κ3) is 4.38. The van der Waals surface area contributed by atoms with Crippen LogP contribution in [0.1, 0.15) is 41.0 Å². The van der Waals surface area contributed by atoms with Gasteiger partial charge in [-0.15, -0.1) is 0 Å². The molecule has 0 aromatic rings. The van der Waals surface area contributed by atoms with Crippen LogP contribution >= 0.6 is 0 Å². The van der Waals surface area contributed by atoms with Crippen molar-refractivity contribution < 1.29 is 23.8 Å². The minimum atomic E-state index is -1.01. The van der Waals surface area contributed by atoms with E-state index in [0.717, 1.165) is 0 Å². The molecule has 0 aromatic carbocycles. The molecule has 0 aliphatic carbocycles. The molecule has 1 aliphatic heterocycles. The van der Waals surface area contributed by atoms with Crippen LogP contribution in [0.5, 0.6) is 0 Å². The first-order chi connectivity index (χ1) is 8.68. The normalized spacial score (nSPS) is 25.2. The van der Waals surface area contributed by atoms with Gasteiger partial charge in [0, 0.05) is 13.0 Å². The first kappa shape index (κ1) is 15.8. The zero-order chi connectivity index (χ0) is 14.7. The fourth-order valence-electron chi connectivity index (χ4n) is 1.89. The summed E-state index contributed by atoms with van der Waals surface area (Å²) in [7, 11) is 0. The van der Waals surface area contributed by atoms with Gasteiger partial charge in [-0.3, -0.25) is 0 Å². The molecule has 0 radical (unpaired) electrons. The minimum absolute atomic E-state index is 0.255. The molecule has 1 fully saturated rings. The van der Waals surface area contributed by atoms with Crippen molar-refractivity contribution in [3.63, 3.8) is 0 Å². The highest BCUT2D eigenvalue weighted by Crippen LogP contribution is 2.29. The maximum Gasteiger partial charge on any atom is 0.407 e. The van der Waals surface area contributed by atoms with E-state index in [1.165, 1.54) is 0 Å². The Bertz CT molecular complexity index is 349. The Morgan fingerprint density at radius 1 is 1.53 bits per heavy atom. The second kappa shape index (κ2) is 5.77. The van der Waals surface area contributed by atoms with Gasteiger partial charge in [0.1, 0.15) is 5.60 Å². The number of carbonyl (C=O) groups is 2. The second-order valence-corrected chi connectivity index (χ2v) is 5.74. The van der Waals surface area contributed by atoms with E-state index in [9.17, 15) is 9.59 Å². The van der Waals surface area contributed by atoms with E-state index in [-0.39, 0.29) is 6.61 Å². The fourth-order valence-corrected chi connectivity index (χ4v) is 1.89. The first-order valence-corrected chi connectivity index (χ1v) is 6.49. The fraction of sp³-hybridized carbons (Fsp3) is 0.846. The summed E-state index contributed by atoms with van der Waals surface area (Å²) in [6.07, 6.45) is -0.989. The molecule has 19 heavy (non-hydrogen) atoms. The summed E-state index contributed by atoms with van der Waals surface area (Å²) in [5.74, 6) is -0.505. The Kier molecular flexibility index (Phi) is 4.79. The van der Waals surface area contributed by atoms with Crippen LogP contribution in [0.3, 0.4) is 0 Å². The van der Waals surface area contributed by atoms with Gasteiger partial charge in [-0.05, 0) is 34.6 Å². The van der Waals surface area contributed by atoms with Crippen molar-refractivity contribution in [2.24, 2.45) is 0 Å². The van der Waals surface area contributed by atoms with Crippen molar-refractivity contribution in [1.29, 1.82) is 0 Å². The second-order valence-electron chi connectivity index (χ2n) is 5.74. The lowest BCUT2D eigenvalue weighted by Gasteiger charge is -2.40. The summed E-state index contributed by atoms with van der Waals surface area (Å²) >= 11 is 0. The predicted octanol–water partition coefficient (Wildman–Crippen LogP) is 1.62. The molecule has 1 aliphatic rings. The molecular formula is C13H23NO5. The highest BCUT2D eigenvalue weighted by molar-refractivity contribution is 5.78. The van der Waals surface area contributed by atoms with Crippen LogP contribution in [0.4, 0.5) is 4.79 Å². The molecule has 6 heteroatoms. The number of esters is 1. The SMILES string of the molecule is CCOC(=O)[C@@H](OC(C)(C)C)[C@]1(C)CCNC(=O)O1. The summed E-state index contributed by atoms with van der Waals surface area (Å²) in [5.41, 5.74) is -1.56. The van der Waals surface area contributed by atoms with Crippen molar-refractivity contribution in [1.82, 2.24) is 5.32 Å².